The zero-order valence-corrected chi connectivity index (χ0v) is 17.9. The van der Waals surface area contributed by atoms with Crippen LogP contribution in [0.4, 0.5) is 0 Å². The highest BCUT2D eigenvalue weighted by Gasteiger charge is 2.28. The average molecular weight is 437 g/mol. The molecule has 0 aliphatic rings. The maximum atomic E-state index is 13.1. The van der Waals surface area contributed by atoms with E-state index in [1.807, 2.05) is 0 Å². The van der Waals surface area contributed by atoms with Gasteiger partial charge < -0.3 is 18.9 Å². The lowest BCUT2D eigenvalue weighted by molar-refractivity contribution is 0.0583. The van der Waals surface area contributed by atoms with Crippen molar-refractivity contribution in [3.8, 4) is 11.5 Å². The van der Waals surface area contributed by atoms with Gasteiger partial charge in [-0.25, -0.2) is 18.0 Å². The van der Waals surface area contributed by atoms with Crippen LogP contribution in [0.25, 0.3) is 0 Å². The number of rotatable bonds is 9. The van der Waals surface area contributed by atoms with E-state index in [2.05, 4.69) is 9.47 Å². The fourth-order valence-electron chi connectivity index (χ4n) is 2.51. The third kappa shape index (κ3) is 5.28. The fourth-order valence-corrected chi connectivity index (χ4v) is 3.87. The number of nitrogens with zero attached hydrogens (tertiary/aromatic N) is 1. The number of hydrogen-bond donors (Lipinski definition) is 0. The van der Waals surface area contributed by atoms with Crippen molar-refractivity contribution < 1.29 is 37.0 Å². The van der Waals surface area contributed by atoms with Crippen LogP contribution in [0.15, 0.2) is 47.4 Å². The molecule has 30 heavy (non-hydrogen) atoms. The Hall–Kier alpha value is -3.11. The van der Waals surface area contributed by atoms with E-state index in [-0.39, 0.29) is 29.2 Å². The predicted molar refractivity (Wildman–Crippen MR) is 107 cm³/mol. The van der Waals surface area contributed by atoms with Gasteiger partial charge in [-0.1, -0.05) is 0 Å². The molecule has 0 heterocycles. The zero-order valence-electron chi connectivity index (χ0n) is 17.1. The largest absolute Gasteiger partial charge is 0.497 e. The Kier molecular flexibility index (Phi) is 7.79. The van der Waals surface area contributed by atoms with Gasteiger partial charge in [-0.3, -0.25) is 0 Å². The van der Waals surface area contributed by atoms with Crippen LogP contribution in [0.5, 0.6) is 11.5 Å². The number of carbonyl (C=O) groups excluding carboxylic acids is 2. The van der Waals surface area contributed by atoms with Gasteiger partial charge in [0.15, 0.2) is 0 Å². The van der Waals surface area contributed by atoms with Crippen LogP contribution >= 0.6 is 0 Å². The van der Waals surface area contributed by atoms with E-state index in [9.17, 15) is 18.0 Å². The minimum Gasteiger partial charge on any atom is -0.497 e. The highest BCUT2D eigenvalue weighted by molar-refractivity contribution is 7.89. The first-order chi connectivity index (χ1) is 14.2. The summed E-state index contributed by atoms with van der Waals surface area (Å²) in [5.74, 6) is -0.353. The minimum atomic E-state index is -4.13. The molecule has 0 bridgehead atoms. The second-order valence-electron chi connectivity index (χ2n) is 6.04. The molecule has 0 unspecified atom stereocenters. The van der Waals surface area contributed by atoms with E-state index in [0.717, 1.165) is 17.5 Å². The summed E-state index contributed by atoms with van der Waals surface area (Å²) < 4.78 is 47.1. The fraction of sp³-hybridized carbons (Fsp3) is 0.300. The van der Waals surface area contributed by atoms with Crippen LogP contribution in [0, 0.1) is 0 Å². The summed E-state index contributed by atoms with van der Waals surface area (Å²) in [6.45, 7) is 0.0593. The van der Waals surface area contributed by atoms with E-state index in [1.54, 1.807) is 31.4 Å². The molecule has 2 rings (SSSR count). The van der Waals surface area contributed by atoms with Crippen LogP contribution in [0.1, 0.15) is 20.7 Å². The number of likely N-dealkylation sites (N-methyl/N-ethyl adjacent to an activating group) is 1. The van der Waals surface area contributed by atoms with E-state index in [0.29, 0.717) is 11.5 Å². The van der Waals surface area contributed by atoms with Crippen molar-refractivity contribution in [1.82, 2.24) is 4.31 Å². The van der Waals surface area contributed by atoms with Gasteiger partial charge in [0.25, 0.3) is 0 Å². The first-order valence-electron chi connectivity index (χ1n) is 8.78. The summed E-state index contributed by atoms with van der Waals surface area (Å²) in [4.78, 5) is 23.5. The normalized spacial score (nSPS) is 11.1. The van der Waals surface area contributed by atoms with E-state index in [4.69, 9.17) is 9.47 Å². The van der Waals surface area contributed by atoms with Crippen molar-refractivity contribution in [2.75, 3.05) is 41.5 Å². The first-order valence-corrected chi connectivity index (χ1v) is 10.2. The molecule has 0 aromatic heterocycles. The van der Waals surface area contributed by atoms with Gasteiger partial charge in [-0.2, -0.15) is 4.31 Å². The summed E-state index contributed by atoms with van der Waals surface area (Å²) in [6, 6.07) is 10.4. The minimum absolute atomic E-state index is 0.00255. The zero-order chi connectivity index (χ0) is 22.3. The summed E-state index contributed by atoms with van der Waals surface area (Å²) in [6.07, 6.45) is 0. The van der Waals surface area contributed by atoms with E-state index >= 15 is 0 Å². The molecule has 0 atom stereocenters. The maximum absolute atomic E-state index is 13.1. The first kappa shape index (κ1) is 23.2. The maximum Gasteiger partial charge on any atom is 0.339 e. The van der Waals surface area contributed by atoms with Crippen LogP contribution in [-0.4, -0.2) is 66.2 Å². The topological polar surface area (TPSA) is 108 Å². The molecule has 0 radical (unpaired) electrons. The molecule has 0 amide bonds. The molecule has 9 nitrogen and oxygen atoms in total. The smallest absolute Gasteiger partial charge is 0.339 e. The third-order valence-corrected chi connectivity index (χ3v) is 6.13. The van der Waals surface area contributed by atoms with Crippen LogP contribution in [0.3, 0.4) is 0 Å². The molecule has 0 saturated heterocycles. The summed E-state index contributed by atoms with van der Waals surface area (Å²) in [5.41, 5.74) is -0.195. The lowest BCUT2D eigenvalue weighted by atomic mass is 10.1. The Labute approximate surface area is 175 Å². The van der Waals surface area contributed by atoms with Gasteiger partial charge >= 0.3 is 11.9 Å². The number of carbonyl (C=O) groups is 2. The summed E-state index contributed by atoms with van der Waals surface area (Å²) in [7, 11) is 1.08. The molecule has 0 N–H and O–H groups in total. The van der Waals surface area contributed by atoms with Crippen molar-refractivity contribution in [2.45, 2.75) is 4.90 Å². The van der Waals surface area contributed by atoms with Gasteiger partial charge in [0.2, 0.25) is 10.0 Å². The van der Waals surface area contributed by atoms with Crippen molar-refractivity contribution in [1.29, 1.82) is 0 Å². The van der Waals surface area contributed by atoms with Crippen LogP contribution in [-0.2, 0) is 19.5 Å². The standard InChI is InChI=1S/C20H23NO8S/c1-21(11-12-29-16-8-6-15(26-2)7-9-16)30(24,25)18-13-14(19(22)27-3)5-10-17(18)20(23)28-4/h5-10,13H,11-12H2,1-4H3. The Bertz CT molecular complexity index is 1000. The lowest BCUT2D eigenvalue weighted by Gasteiger charge is -2.19. The molecule has 0 aliphatic carbocycles. The SMILES string of the molecule is COC(=O)c1ccc(C(=O)OC)c(S(=O)(=O)N(C)CCOc2ccc(OC)cc2)c1. The van der Waals surface area contributed by atoms with Gasteiger partial charge in [-0.05, 0) is 42.5 Å². The van der Waals surface area contributed by atoms with Crippen LogP contribution in [0.2, 0.25) is 0 Å². The molecule has 0 fully saturated rings. The predicted octanol–water partition coefficient (Wildman–Crippen LogP) is 1.97. The molecule has 0 aliphatic heterocycles. The number of methoxy groups -OCH3 is 3. The number of esters is 2. The molecule has 2 aromatic rings. The monoisotopic (exact) mass is 437 g/mol. The number of hydrogen-bond acceptors (Lipinski definition) is 8. The molecule has 0 saturated carbocycles. The van der Waals surface area contributed by atoms with Crippen LogP contribution < -0.4 is 9.47 Å². The van der Waals surface area contributed by atoms with Crippen molar-refractivity contribution in [2.24, 2.45) is 0 Å². The third-order valence-electron chi connectivity index (χ3n) is 4.23. The number of benzene rings is 2. The molecular formula is C20H23NO8S. The molecular weight excluding hydrogens is 414 g/mol. The van der Waals surface area contributed by atoms with Crippen molar-refractivity contribution in [3.63, 3.8) is 0 Å². The van der Waals surface area contributed by atoms with Gasteiger partial charge in [-0.15, -0.1) is 0 Å². The number of sulfonamides is 1. The quantitative estimate of drug-likeness (QED) is 0.548. The van der Waals surface area contributed by atoms with E-state index in [1.165, 1.54) is 26.3 Å². The van der Waals surface area contributed by atoms with Gasteiger partial charge in [0.05, 0.1) is 37.4 Å². The van der Waals surface area contributed by atoms with E-state index < -0.39 is 22.0 Å². The molecule has 162 valence electrons. The Balaban J connectivity index is 2.22. The average Bonchev–Trinajstić information content (AvgIpc) is 2.77. The number of ether oxygens (including phenoxy) is 4. The highest BCUT2D eigenvalue weighted by atomic mass is 32.2. The highest BCUT2D eigenvalue weighted by Crippen LogP contribution is 2.23. The second kappa shape index (κ2) is 10.1. The Morgan fingerprint density at radius 3 is 2.07 bits per heavy atom. The van der Waals surface area contributed by atoms with Crippen molar-refractivity contribution >= 4 is 22.0 Å². The van der Waals surface area contributed by atoms with Crippen molar-refractivity contribution in [3.05, 3.63) is 53.6 Å². The molecule has 0 spiro atoms. The Morgan fingerprint density at radius 2 is 1.50 bits per heavy atom. The molecule has 2 aromatic carbocycles. The summed E-state index contributed by atoms with van der Waals surface area (Å²) >= 11 is 0. The summed E-state index contributed by atoms with van der Waals surface area (Å²) in [5, 5.41) is 0. The van der Waals surface area contributed by atoms with Gasteiger partial charge in [0, 0.05) is 13.6 Å². The lowest BCUT2D eigenvalue weighted by Crippen LogP contribution is -2.32. The van der Waals surface area contributed by atoms with Gasteiger partial charge in [0.1, 0.15) is 18.1 Å². The Morgan fingerprint density at radius 1 is 0.900 bits per heavy atom. The molecule has 10 heteroatoms. The second-order valence-corrected chi connectivity index (χ2v) is 8.06.